The Morgan fingerprint density at radius 2 is 2.00 bits per heavy atom. The van der Waals surface area contributed by atoms with Gasteiger partial charge >= 0.3 is 6.18 Å². The lowest BCUT2D eigenvalue weighted by Gasteiger charge is -2.09. The molecule has 1 amide bonds. The number of nitrogens with zero attached hydrogens (tertiary/aromatic N) is 2. The van der Waals surface area contributed by atoms with Gasteiger partial charge in [0.25, 0.3) is 0 Å². The number of fused-ring (bicyclic) bond motifs is 1. The zero-order chi connectivity index (χ0) is 17.3. The maximum atomic E-state index is 12.9. The Morgan fingerprint density at radius 3 is 2.71 bits per heavy atom. The fourth-order valence-corrected chi connectivity index (χ4v) is 2.28. The van der Waals surface area contributed by atoms with E-state index in [0.29, 0.717) is 16.7 Å². The van der Waals surface area contributed by atoms with Crippen molar-refractivity contribution in [2.45, 2.75) is 6.18 Å². The monoisotopic (exact) mass is 332 g/mol. The van der Waals surface area contributed by atoms with E-state index < -0.39 is 17.6 Å². The summed E-state index contributed by atoms with van der Waals surface area (Å²) in [5.41, 5.74) is 5.34. The standard InChI is InChI=1S/C16H11F3N4O/c17-16(18,19)10-4-1-3-9(7-10)12(14(20)24)8-13-11-5-2-6-21-15(11)23-22-13/h1-8H,(H2,20,24)(H,21,22,23)/b12-8+. The molecule has 122 valence electrons. The zero-order valence-corrected chi connectivity index (χ0v) is 12.1. The number of pyridine rings is 1. The summed E-state index contributed by atoms with van der Waals surface area (Å²) >= 11 is 0. The minimum absolute atomic E-state index is 0.0670. The van der Waals surface area contributed by atoms with Crippen molar-refractivity contribution in [3.63, 3.8) is 0 Å². The molecule has 3 aromatic rings. The second-order valence-electron chi connectivity index (χ2n) is 5.01. The van der Waals surface area contributed by atoms with Crippen LogP contribution in [-0.4, -0.2) is 21.1 Å². The molecule has 2 aromatic heterocycles. The first-order valence-electron chi connectivity index (χ1n) is 6.84. The number of aromatic amines is 1. The number of alkyl halides is 3. The molecule has 0 spiro atoms. The highest BCUT2D eigenvalue weighted by Gasteiger charge is 2.30. The lowest BCUT2D eigenvalue weighted by molar-refractivity contribution is -0.137. The zero-order valence-electron chi connectivity index (χ0n) is 12.1. The fourth-order valence-electron chi connectivity index (χ4n) is 2.28. The summed E-state index contributed by atoms with van der Waals surface area (Å²) in [6.45, 7) is 0. The predicted molar refractivity (Wildman–Crippen MR) is 82.4 cm³/mol. The third-order valence-corrected chi connectivity index (χ3v) is 3.41. The molecule has 0 aliphatic rings. The Labute approximate surface area is 134 Å². The van der Waals surface area contributed by atoms with Crippen LogP contribution < -0.4 is 5.73 Å². The van der Waals surface area contributed by atoms with Crippen molar-refractivity contribution in [2.24, 2.45) is 5.73 Å². The number of nitrogens with one attached hydrogen (secondary N) is 1. The van der Waals surface area contributed by atoms with Crippen LogP contribution in [0.25, 0.3) is 22.7 Å². The van der Waals surface area contributed by atoms with Crippen LogP contribution in [0.15, 0.2) is 42.6 Å². The van der Waals surface area contributed by atoms with E-state index in [1.54, 1.807) is 18.3 Å². The summed E-state index contributed by atoms with van der Waals surface area (Å²) in [6, 6.07) is 7.82. The van der Waals surface area contributed by atoms with E-state index in [4.69, 9.17) is 5.73 Å². The van der Waals surface area contributed by atoms with Crippen LogP contribution in [-0.2, 0) is 11.0 Å². The van der Waals surface area contributed by atoms with Gasteiger partial charge in [-0.1, -0.05) is 12.1 Å². The van der Waals surface area contributed by atoms with E-state index in [1.165, 1.54) is 18.2 Å². The van der Waals surface area contributed by atoms with Crippen LogP contribution in [0.4, 0.5) is 13.2 Å². The van der Waals surface area contributed by atoms with Gasteiger partial charge in [0.1, 0.15) is 0 Å². The molecule has 1 aromatic carbocycles. The number of amides is 1. The minimum Gasteiger partial charge on any atom is -0.366 e. The number of halogens is 3. The van der Waals surface area contributed by atoms with E-state index in [1.807, 2.05) is 0 Å². The van der Waals surface area contributed by atoms with E-state index in [9.17, 15) is 18.0 Å². The number of aromatic nitrogens is 3. The van der Waals surface area contributed by atoms with Crippen molar-refractivity contribution in [1.29, 1.82) is 0 Å². The number of hydrogen-bond donors (Lipinski definition) is 2. The summed E-state index contributed by atoms with van der Waals surface area (Å²) in [7, 11) is 0. The normalized spacial score (nSPS) is 12.5. The molecule has 5 nitrogen and oxygen atoms in total. The van der Waals surface area contributed by atoms with Crippen molar-refractivity contribution >= 4 is 28.6 Å². The van der Waals surface area contributed by atoms with Crippen LogP contribution in [0.5, 0.6) is 0 Å². The lowest BCUT2D eigenvalue weighted by Crippen LogP contribution is -2.14. The summed E-state index contributed by atoms with van der Waals surface area (Å²) in [5, 5.41) is 7.33. The molecule has 8 heteroatoms. The van der Waals surface area contributed by atoms with Crippen molar-refractivity contribution in [2.75, 3.05) is 0 Å². The van der Waals surface area contributed by atoms with Gasteiger partial charge in [-0.25, -0.2) is 4.98 Å². The maximum Gasteiger partial charge on any atom is 0.416 e. The first kappa shape index (κ1) is 15.7. The number of H-pyrrole nitrogens is 1. The molecule has 0 aliphatic carbocycles. The van der Waals surface area contributed by atoms with Crippen LogP contribution in [0.1, 0.15) is 16.8 Å². The predicted octanol–water partition coefficient (Wildman–Crippen LogP) is 3.00. The largest absolute Gasteiger partial charge is 0.416 e. The Hall–Kier alpha value is -3.16. The van der Waals surface area contributed by atoms with Gasteiger partial charge in [0.15, 0.2) is 5.65 Å². The first-order chi connectivity index (χ1) is 11.4. The van der Waals surface area contributed by atoms with Gasteiger partial charge in [-0.3, -0.25) is 9.89 Å². The number of rotatable bonds is 3. The first-order valence-corrected chi connectivity index (χ1v) is 6.84. The highest BCUT2D eigenvalue weighted by Crippen LogP contribution is 2.31. The van der Waals surface area contributed by atoms with Crippen molar-refractivity contribution in [3.8, 4) is 0 Å². The third kappa shape index (κ3) is 2.98. The SMILES string of the molecule is NC(=O)/C(=C/c1n[nH]c2ncccc12)c1cccc(C(F)(F)F)c1. The summed E-state index contributed by atoms with van der Waals surface area (Å²) in [4.78, 5) is 15.8. The second kappa shape index (κ2) is 5.80. The second-order valence-corrected chi connectivity index (χ2v) is 5.01. The average molecular weight is 332 g/mol. The van der Waals surface area contributed by atoms with E-state index in [0.717, 1.165) is 12.1 Å². The molecule has 0 saturated carbocycles. The molecule has 0 saturated heterocycles. The van der Waals surface area contributed by atoms with Crippen molar-refractivity contribution in [1.82, 2.24) is 15.2 Å². The van der Waals surface area contributed by atoms with Gasteiger partial charge in [0.2, 0.25) is 5.91 Å². The molecule has 0 atom stereocenters. The molecule has 3 N–H and O–H groups in total. The summed E-state index contributed by atoms with van der Waals surface area (Å²) < 4.78 is 38.6. The topological polar surface area (TPSA) is 84.7 Å². The Bertz CT molecular complexity index is 944. The number of primary amides is 1. The van der Waals surface area contributed by atoms with Crippen molar-refractivity contribution in [3.05, 3.63) is 59.4 Å². The number of carbonyl (C=O) groups excluding carboxylic acids is 1. The van der Waals surface area contributed by atoms with Crippen LogP contribution in [0, 0.1) is 0 Å². The highest BCUT2D eigenvalue weighted by molar-refractivity contribution is 6.24. The molecule has 0 fully saturated rings. The van der Waals surface area contributed by atoms with Gasteiger partial charge in [0.05, 0.1) is 11.3 Å². The lowest BCUT2D eigenvalue weighted by atomic mass is 10.0. The van der Waals surface area contributed by atoms with Crippen molar-refractivity contribution < 1.29 is 18.0 Å². The molecule has 2 heterocycles. The van der Waals surface area contributed by atoms with Crippen LogP contribution in [0.2, 0.25) is 0 Å². The van der Waals surface area contributed by atoms with Gasteiger partial charge in [-0.15, -0.1) is 0 Å². The van der Waals surface area contributed by atoms with Gasteiger partial charge < -0.3 is 5.73 Å². The number of carbonyl (C=O) groups is 1. The molecule has 0 bridgehead atoms. The number of benzene rings is 1. The average Bonchev–Trinajstić information content (AvgIpc) is 2.95. The van der Waals surface area contributed by atoms with Crippen LogP contribution in [0.3, 0.4) is 0 Å². The fraction of sp³-hybridized carbons (Fsp3) is 0.0625. The molecule has 0 aliphatic heterocycles. The van der Waals surface area contributed by atoms with Crippen LogP contribution >= 0.6 is 0 Å². The minimum atomic E-state index is -4.51. The summed E-state index contributed by atoms with van der Waals surface area (Å²) in [6.07, 6.45) is -1.60. The number of hydrogen-bond acceptors (Lipinski definition) is 3. The molecule has 0 radical (unpaired) electrons. The van der Waals surface area contributed by atoms with Gasteiger partial charge in [0, 0.05) is 17.2 Å². The Balaban J connectivity index is 2.13. The molecule has 24 heavy (non-hydrogen) atoms. The van der Waals surface area contributed by atoms with E-state index in [-0.39, 0.29) is 11.1 Å². The Morgan fingerprint density at radius 1 is 1.21 bits per heavy atom. The van der Waals surface area contributed by atoms with Gasteiger partial charge in [-0.05, 0) is 35.9 Å². The molecule has 0 unspecified atom stereocenters. The molecular formula is C16H11F3N4O. The van der Waals surface area contributed by atoms with E-state index >= 15 is 0 Å². The number of nitrogens with two attached hydrogens (primary N) is 1. The highest BCUT2D eigenvalue weighted by atomic mass is 19.4. The molecular weight excluding hydrogens is 321 g/mol. The van der Waals surface area contributed by atoms with Gasteiger partial charge in [-0.2, -0.15) is 18.3 Å². The Kier molecular flexibility index (Phi) is 3.80. The smallest absolute Gasteiger partial charge is 0.366 e. The summed E-state index contributed by atoms with van der Waals surface area (Å²) in [5.74, 6) is -0.852. The van der Waals surface area contributed by atoms with E-state index in [2.05, 4.69) is 15.2 Å². The molecule has 3 rings (SSSR count). The quantitative estimate of drug-likeness (QED) is 0.723. The maximum absolute atomic E-state index is 12.9. The third-order valence-electron chi connectivity index (χ3n) is 3.41.